The van der Waals surface area contributed by atoms with Crippen LogP contribution >= 0.6 is 0 Å². The summed E-state index contributed by atoms with van der Waals surface area (Å²) in [4.78, 5) is 0. The molecule has 0 radical (unpaired) electrons. The molecule has 170 valence electrons. The monoisotopic (exact) mass is 448 g/mol. The Morgan fingerprint density at radius 2 is 1.55 bits per heavy atom. The van der Waals surface area contributed by atoms with Crippen LogP contribution in [0, 0.1) is 17.6 Å². The van der Waals surface area contributed by atoms with E-state index in [1.165, 1.54) is 18.6 Å². The van der Waals surface area contributed by atoms with Crippen molar-refractivity contribution in [2.45, 2.75) is 63.7 Å². The topological polar surface area (TPSA) is 9.23 Å². The highest BCUT2D eigenvalue weighted by atomic mass is 19.4. The third kappa shape index (κ3) is 5.52. The van der Waals surface area contributed by atoms with Gasteiger partial charge in [-0.1, -0.05) is 38.3 Å². The molecule has 3 rings (SSSR count). The third-order valence-corrected chi connectivity index (χ3v) is 5.77. The maximum atomic E-state index is 14.5. The van der Waals surface area contributed by atoms with Crippen molar-refractivity contribution in [3.63, 3.8) is 0 Å². The van der Waals surface area contributed by atoms with E-state index in [9.17, 15) is 30.7 Å². The summed E-state index contributed by atoms with van der Waals surface area (Å²) in [5, 5.41) is 0. The maximum Gasteiger partial charge on any atom is 0.426 e. The van der Waals surface area contributed by atoms with Gasteiger partial charge < -0.3 is 4.74 Å². The van der Waals surface area contributed by atoms with E-state index in [0.29, 0.717) is 11.8 Å². The standard InChI is InChI=1S/C23H23F7O/c1-2-3-4-14-5-6-16(11-14)15-7-9-17(10-8-15)23(29,30)31-18-12-19(24)21(20(25)13-18)22(26,27)28/h7-10,12-14,16H,2-6,11H2,1H3. The van der Waals surface area contributed by atoms with E-state index >= 15 is 0 Å². The van der Waals surface area contributed by atoms with Gasteiger partial charge in [-0.25, -0.2) is 8.78 Å². The summed E-state index contributed by atoms with van der Waals surface area (Å²) in [6.07, 6.45) is -2.69. The van der Waals surface area contributed by atoms with Gasteiger partial charge >= 0.3 is 12.3 Å². The number of unbranched alkanes of at least 4 members (excludes halogenated alkanes) is 1. The van der Waals surface area contributed by atoms with E-state index in [4.69, 9.17) is 0 Å². The first-order valence-electron chi connectivity index (χ1n) is 10.2. The van der Waals surface area contributed by atoms with Gasteiger partial charge in [-0.15, -0.1) is 0 Å². The molecule has 2 atom stereocenters. The summed E-state index contributed by atoms with van der Waals surface area (Å²) >= 11 is 0. The average Bonchev–Trinajstić information content (AvgIpc) is 3.13. The Bertz CT molecular complexity index is 867. The average molecular weight is 448 g/mol. The van der Waals surface area contributed by atoms with Crippen molar-refractivity contribution in [2.24, 2.45) is 5.92 Å². The van der Waals surface area contributed by atoms with Crippen molar-refractivity contribution < 1.29 is 35.5 Å². The number of halogens is 7. The fourth-order valence-corrected chi connectivity index (χ4v) is 4.17. The molecule has 8 heteroatoms. The summed E-state index contributed by atoms with van der Waals surface area (Å²) in [6, 6.07) is 5.70. The van der Waals surface area contributed by atoms with Crippen molar-refractivity contribution in [1.29, 1.82) is 0 Å². The van der Waals surface area contributed by atoms with Crippen LogP contribution in [-0.4, -0.2) is 0 Å². The van der Waals surface area contributed by atoms with Gasteiger partial charge in [-0.2, -0.15) is 22.0 Å². The highest BCUT2D eigenvalue weighted by Crippen LogP contribution is 2.42. The molecule has 1 aliphatic carbocycles. The molecule has 0 amide bonds. The minimum Gasteiger partial charge on any atom is -0.429 e. The molecule has 2 unspecified atom stereocenters. The lowest BCUT2D eigenvalue weighted by atomic mass is 9.94. The van der Waals surface area contributed by atoms with E-state index in [2.05, 4.69) is 11.7 Å². The van der Waals surface area contributed by atoms with Crippen LogP contribution in [0.5, 0.6) is 5.75 Å². The Morgan fingerprint density at radius 3 is 2.10 bits per heavy atom. The van der Waals surface area contributed by atoms with E-state index in [-0.39, 0.29) is 12.1 Å². The minimum absolute atomic E-state index is 0.100. The molecule has 31 heavy (non-hydrogen) atoms. The van der Waals surface area contributed by atoms with Crippen LogP contribution < -0.4 is 4.74 Å². The Kier molecular flexibility index (Phi) is 6.86. The summed E-state index contributed by atoms with van der Waals surface area (Å²) in [5.41, 5.74) is -1.77. The number of hydrogen-bond donors (Lipinski definition) is 0. The summed E-state index contributed by atoms with van der Waals surface area (Å²) in [7, 11) is 0. The molecule has 0 aromatic heterocycles. The number of rotatable bonds is 7. The van der Waals surface area contributed by atoms with Crippen LogP contribution in [0.3, 0.4) is 0 Å². The van der Waals surface area contributed by atoms with E-state index in [0.717, 1.165) is 37.7 Å². The third-order valence-electron chi connectivity index (χ3n) is 5.77. The predicted molar refractivity (Wildman–Crippen MR) is 102 cm³/mol. The second-order valence-corrected chi connectivity index (χ2v) is 8.02. The summed E-state index contributed by atoms with van der Waals surface area (Å²) in [6.45, 7) is 2.14. The zero-order chi connectivity index (χ0) is 22.8. The van der Waals surface area contributed by atoms with Crippen molar-refractivity contribution in [2.75, 3.05) is 0 Å². The lowest BCUT2D eigenvalue weighted by molar-refractivity contribution is -0.185. The van der Waals surface area contributed by atoms with Crippen molar-refractivity contribution in [3.8, 4) is 5.75 Å². The molecule has 1 saturated carbocycles. The van der Waals surface area contributed by atoms with Gasteiger partial charge in [0.25, 0.3) is 0 Å². The molecule has 0 heterocycles. The maximum absolute atomic E-state index is 14.5. The minimum atomic E-state index is -5.29. The van der Waals surface area contributed by atoms with Crippen LogP contribution in [0.1, 0.15) is 68.1 Å². The molecule has 0 bridgehead atoms. The fourth-order valence-electron chi connectivity index (χ4n) is 4.17. The molecule has 2 aromatic carbocycles. The van der Waals surface area contributed by atoms with E-state index < -0.39 is 40.8 Å². The number of hydrogen-bond acceptors (Lipinski definition) is 1. The molecule has 0 spiro atoms. The Hall–Kier alpha value is -2.25. The largest absolute Gasteiger partial charge is 0.429 e. The Balaban J connectivity index is 1.71. The molecule has 0 saturated heterocycles. The molecular weight excluding hydrogens is 425 g/mol. The summed E-state index contributed by atoms with van der Waals surface area (Å²) in [5.74, 6) is -4.14. The lowest BCUT2D eigenvalue weighted by Crippen LogP contribution is -2.22. The zero-order valence-corrected chi connectivity index (χ0v) is 16.9. The van der Waals surface area contributed by atoms with Crippen LogP contribution in [0.15, 0.2) is 36.4 Å². The second-order valence-electron chi connectivity index (χ2n) is 8.02. The van der Waals surface area contributed by atoms with Crippen LogP contribution in [0.25, 0.3) is 0 Å². The Morgan fingerprint density at radius 1 is 0.935 bits per heavy atom. The van der Waals surface area contributed by atoms with Crippen LogP contribution in [0.4, 0.5) is 30.7 Å². The van der Waals surface area contributed by atoms with Crippen molar-refractivity contribution >= 4 is 0 Å². The van der Waals surface area contributed by atoms with Gasteiger partial charge in [-0.3, -0.25) is 0 Å². The first-order chi connectivity index (χ1) is 14.5. The highest BCUT2D eigenvalue weighted by molar-refractivity contribution is 5.34. The normalized spacial score (nSPS) is 19.6. The van der Waals surface area contributed by atoms with Crippen LogP contribution in [0.2, 0.25) is 0 Å². The molecule has 1 aliphatic rings. The number of benzene rings is 2. The van der Waals surface area contributed by atoms with Gasteiger partial charge in [-0.05, 0) is 48.8 Å². The first-order valence-corrected chi connectivity index (χ1v) is 10.2. The van der Waals surface area contributed by atoms with E-state index in [1.807, 2.05) is 0 Å². The molecule has 1 nitrogen and oxygen atoms in total. The van der Waals surface area contributed by atoms with Gasteiger partial charge in [0.2, 0.25) is 0 Å². The second kappa shape index (κ2) is 9.09. The molecule has 0 aliphatic heterocycles. The number of ether oxygens (including phenoxy) is 1. The quantitative estimate of drug-likeness (QED) is 0.388. The molecule has 0 N–H and O–H groups in total. The van der Waals surface area contributed by atoms with Crippen molar-refractivity contribution in [3.05, 3.63) is 64.7 Å². The first kappa shape index (κ1) is 23.4. The highest BCUT2D eigenvalue weighted by Gasteiger charge is 2.40. The van der Waals surface area contributed by atoms with Gasteiger partial charge in [0, 0.05) is 12.1 Å². The summed E-state index contributed by atoms with van der Waals surface area (Å²) < 4.78 is 98.4. The molecule has 2 aromatic rings. The molecule has 1 fully saturated rings. The van der Waals surface area contributed by atoms with Crippen molar-refractivity contribution in [1.82, 2.24) is 0 Å². The van der Waals surface area contributed by atoms with E-state index in [1.54, 1.807) is 12.1 Å². The van der Waals surface area contributed by atoms with Crippen LogP contribution in [-0.2, 0) is 12.3 Å². The Labute approximate surface area is 176 Å². The molecular formula is C23H23F7O. The zero-order valence-electron chi connectivity index (χ0n) is 16.9. The fraction of sp³-hybridized carbons (Fsp3) is 0.478. The lowest BCUT2D eigenvalue weighted by Gasteiger charge is -2.20. The smallest absolute Gasteiger partial charge is 0.426 e. The number of alkyl halides is 5. The SMILES string of the molecule is CCCCC1CCC(c2ccc(C(F)(F)Oc3cc(F)c(C(F)(F)F)c(F)c3)cc2)C1. The van der Waals surface area contributed by atoms with Gasteiger partial charge in [0.15, 0.2) is 0 Å². The van der Waals surface area contributed by atoms with Gasteiger partial charge in [0.1, 0.15) is 22.9 Å². The van der Waals surface area contributed by atoms with Gasteiger partial charge in [0.05, 0.1) is 5.56 Å². The predicted octanol–water partition coefficient (Wildman–Crippen LogP) is 8.19.